The first kappa shape index (κ1) is 19.6. The third-order valence-corrected chi connectivity index (χ3v) is 5.91. The van der Waals surface area contributed by atoms with Crippen LogP contribution in [0.2, 0.25) is 0 Å². The van der Waals surface area contributed by atoms with Crippen LogP contribution in [0.1, 0.15) is 18.2 Å². The normalized spacial score (nSPS) is 22.3. The lowest BCUT2D eigenvalue weighted by molar-refractivity contribution is -0.384. The minimum atomic E-state index is -0.390. The molecule has 2 N–H and O–H groups in total. The standard InChI is InChI=1S/C19H24N6O3S/c1-22-16-12-24(19(20)29)7-6-15(16)18(23-8-10-28-11-9-23)21-17(22)13-2-4-14(5-3-13)25(26)27/h2-5,17H,6-12H2,1H3,(H2,20,29). The predicted octanol–water partition coefficient (Wildman–Crippen LogP) is 1.47. The predicted molar refractivity (Wildman–Crippen MR) is 113 cm³/mol. The van der Waals surface area contributed by atoms with Crippen molar-refractivity contribution in [2.75, 3.05) is 46.4 Å². The molecule has 9 nitrogen and oxygen atoms in total. The maximum absolute atomic E-state index is 11.0. The van der Waals surface area contributed by atoms with E-state index < -0.39 is 4.92 Å². The van der Waals surface area contributed by atoms with Crippen LogP contribution >= 0.6 is 12.2 Å². The Morgan fingerprint density at radius 3 is 2.59 bits per heavy atom. The summed E-state index contributed by atoms with van der Waals surface area (Å²) in [7, 11) is 2.00. The number of aliphatic imine (C=N–C) groups is 1. The van der Waals surface area contributed by atoms with Gasteiger partial charge in [0, 0.05) is 50.1 Å². The van der Waals surface area contributed by atoms with Gasteiger partial charge in [-0.2, -0.15) is 0 Å². The van der Waals surface area contributed by atoms with E-state index in [9.17, 15) is 10.1 Å². The van der Waals surface area contributed by atoms with E-state index in [0.717, 1.165) is 43.2 Å². The van der Waals surface area contributed by atoms with Crippen molar-refractivity contribution in [3.63, 3.8) is 0 Å². The van der Waals surface area contributed by atoms with Crippen LogP contribution in [0.5, 0.6) is 0 Å². The first-order chi connectivity index (χ1) is 14.0. The average Bonchev–Trinajstić information content (AvgIpc) is 2.74. The van der Waals surface area contributed by atoms with Crippen molar-refractivity contribution in [3.05, 3.63) is 51.2 Å². The third kappa shape index (κ3) is 3.77. The Labute approximate surface area is 174 Å². The molecule has 0 aromatic heterocycles. The first-order valence-electron chi connectivity index (χ1n) is 9.60. The number of nitro benzene ring substituents is 1. The molecule has 154 valence electrons. The van der Waals surface area contributed by atoms with Crippen molar-refractivity contribution in [2.45, 2.75) is 12.6 Å². The molecule has 1 aromatic rings. The molecule has 3 aliphatic rings. The van der Waals surface area contributed by atoms with Crippen molar-refractivity contribution < 1.29 is 9.66 Å². The summed E-state index contributed by atoms with van der Waals surface area (Å²) < 4.78 is 5.51. The molecule has 3 heterocycles. The van der Waals surface area contributed by atoms with E-state index in [4.69, 9.17) is 27.7 Å². The van der Waals surface area contributed by atoms with E-state index in [1.807, 2.05) is 11.9 Å². The van der Waals surface area contributed by atoms with E-state index in [-0.39, 0.29) is 11.9 Å². The summed E-state index contributed by atoms with van der Waals surface area (Å²) in [5.41, 5.74) is 9.24. The Balaban J connectivity index is 1.72. The van der Waals surface area contributed by atoms with E-state index in [2.05, 4.69) is 9.80 Å². The number of thiocarbonyl (C=S) groups is 1. The molecule has 10 heteroatoms. The number of non-ortho nitro benzene ring substituents is 1. The highest BCUT2D eigenvalue weighted by Crippen LogP contribution is 2.36. The zero-order valence-electron chi connectivity index (χ0n) is 16.3. The number of hydrogen-bond donors (Lipinski definition) is 1. The topological polar surface area (TPSA) is 100 Å². The second kappa shape index (κ2) is 7.96. The monoisotopic (exact) mass is 416 g/mol. The van der Waals surface area contributed by atoms with Gasteiger partial charge in [-0.15, -0.1) is 0 Å². The van der Waals surface area contributed by atoms with Crippen LogP contribution in [-0.4, -0.2) is 77.0 Å². The molecule has 29 heavy (non-hydrogen) atoms. The maximum Gasteiger partial charge on any atom is 0.269 e. The van der Waals surface area contributed by atoms with Gasteiger partial charge >= 0.3 is 0 Å². The van der Waals surface area contributed by atoms with Crippen LogP contribution < -0.4 is 5.73 Å². The molecule has 3 aliphatic heterocycles. The number of nitrogens with two attached hydrogens (primary N) is 1. The van der Waals surface area contributed by atoms with Gasteiger partial charge in [0.1, 0.15) is 12.0 Å². The summed E-state index contributed by atoms with van der Waals surface area (Å²) >= 11 is 5.21. The van der Waals surface area contributed by atoms with Crippen LogP contribution in [0.15, 0.2) is 40.5 Å². The largest absolute Gasteiger partial charge is 0.378 e. The summed E-state index contributed by atoms with van der Waals surface area (Å²) in [6, 6.07) is 6.61. The molecule has 0 spiro atoms. The van der Waals surface area contributed by atoms with Crippen molar-refractivity contribution in [1.82, 2.24) is 14.7 Å². The minimum absolute atomic E-state index is 0.0711. The molecular formula is C19H24N6O3S. The molecule has 0 saturated carbocycles. The fourth-order valence-corrected chi connectivity index (χ4v) is 4.20. The van der Waals surface area contributed by atoms with E-state index in [1.165, 1.54) is 17.7 Å². The fraction of sp³-hybridized carbons (Fsp3) is 0.474. The number of amidine groups is 1. The van der Waals surface area contributed by atoms with Crippen LogP contribution in [0, 0.1) is 10.1 Å². The van der Waals surface area contributed by atoms with Crippen LogP contribution in [0.25, 0.3) is 0 Å². The lowest BCUT2D eigenvalue weighted by atomic mass is 9.98. The second-order valence-electron chi connectivity index (χ2n) is 7.32. The Morgan fingerprint density at radius 1 is 1.28 bits per heavy atom. The quantitative estimate of drug-likeness (QED) is 0.440. The van der Waals surface area contributed by atoms with Gasteiger partial charge in [0.25, 0.3) is 5.69 Å². The number of hydrogen-bond acceptors (Lipinski definition) is 7. The molecule has 1 atom stereocenters. The van der Waals surface area contributed by atoms with Crippen LogP contribution in [0.4, 0.5) is 5.69 Å². The lowest BCUT2D eigenvalue weighted by Crippen LogP contribution is -2.50. The van der Waals surface area contributed by atoms with E-state index in [0.29, 0.717) is 24.9 Å². The van der Waals surface area contributed by atoms with Gasteiger partial charge in [0.2, 0.25) is 0 Å². The highest BCUT2D eigenvalue weighted by atomic mass is 32.1. The molecular weight excluding hydrogens is 392 g/mol. The molecule has 0 aliphatic carbocycles. The lowest BCUT2D eigenvalue weighted by Gasteiger charge is -2.44. The highest BCUT2D eigenvalue weighted by molar-refractivity contribution is 7.80. The second-order valence-corrected chi connectivity index (χ2v) is 7.74. The molecule has 1 saturated heterocycles. The summed E-state index contributed by atoms with van der Waals surface area (Å²) in [6.07, 6.45) is 0.555. The number of likely N-dealkylation sites (N-methyl/N-ethyl adjacent to an activating group) is 1. The fourth-order valence-electron chi connectivity index (χ4n) is 4.04. The van der Waals surface area contributed by atoms with Gasteiger partial charge in [-0.25, -0.2) is 4.99 Å². The van der Waals surface area contributed by atoms with Crippen molar-refractivity contribution in [1.29, 1.82) is 0 Å². The van der Waals surface area contributed by atoms with Crippen molar-refractivity contribution in [3.8, 4) is 0 Å². The first-order valence-corrected chi connectivity index (χ1v) is 10.0. The van der Waals surface area contributed by atoms with Crippen molar-refractivity contribution >= 4 is 28.9 Å². The summed E-state index contributed by atoms with van der Waals surface area (Å²) in [5.74, 6) is 0.993. The molecule has 0 amide bonds. The summed E-state index contributed by atoms with van der Waals surface area (Å²) in [5, 5.41) is 11.4. The Bertz CT molecular complexity index is 878. The number of morpholine rings is 1. The smallest absolute Gasteiger partial charge is 0.269 e. The SMILES string of the molecule is CN1C2=C(CCN(C(N)=S)C2)C(N2CCOCC2)=NC1c1ccc([N+](=O)[O-])cc1. The average molecular weight is 417 g/mol. The summed E-state index contributed by atoms with van der Waals surface area (Å²) in [6.45, 7) is 4.36. The van der Waals surface area contributed by atoms with Gasteiger partial charge < -0.3 is 25.2 Å². The van der Waals surface area contributed by atoms with Gasteiger partial charge in [0.15, 0.2) is 5.11 Å². The van der Waals surface area contributed by atoms with Gasteiger partial charge in [-0.05, 0) is 36.3 Å². The van der Waals surface area contributed by atoms with E-state index in [1.54, 1.807) is 12.1 Å². The molecule has 1 aromatic carbocycles. The number of benzene rings is 1. The highest BCUT2D eigenvalue weighted by Gasteiger charge is 2.35. The maximum atomic E-state index is 11.0. The van der Waals surface area contributed by atoms with Gasteiger partial charge in [-0.1, -0.05) is 0 Å². The van der Waals surface area contributed by atoms with Gasteiger partial charge in [0.05, 0.1) is 24.7 Å². The molecule has 1 unspecified atom stereocenters. The Hall–Kier alpha value is -2.72. The van der Waals surface area contributed by atoms with E-state index >= 15 is 0 Å². The van der Waals surface area contributed by atoms with Crippen LogP contribution in [0.3, 0.4) is 0 Å². The number of ether oxygens (including phenoxy) is 1. The third-order valence-electron chi connectivity index (χ3n) is 5.65. The number of rotatable bonds is 2. The molecule has 0 bridgehead atoms. The van der Waals surface area contributed by atoms with Crippen LogP contribution in [-0.2, 0) is 4.74 Å². The molecule has 0 radical (unpaired) electrons. The minimum Gasteiger partial charge on any atom is -0.378 e. The van der Waals surface area contributed by atoms with Gasteiger partial charge in [-0.3, -0.25) is 10.1 Å². The summed E-state index contributed by atoms with van der Waals surface area (Å²) in [4.78, 5) is 22.1. The zero-order chi connectivity index (χ0) is 20.5. The molecule has 1 fully saturated rings. The zero-order valence-corrected chi connectivity index (χ0v) is 17.1. The Morgan fingerprint density at radius 2 is 1.97 bits per heavy atom. The molecule has 4 rings (SSSR count). The number of nitrogens with zero attached hydrogens (tertiary/aromatic N) is 5. The Kier molecular flexibility index (Phi) is 5.37. The number of nitro groups is 1. The van der Waals surface area contributed by atoms with Crippen molar-refractivity contribution in [2.24, 2.45) is 10.7 Å².